The van der Waals surface area contributed by atoms with Crippen LogP contribution in [0.4, 0.5) is 5.69 Å². The van der Waals surface area contributed by atoms with Gasteiger partial charge in [-0.3, -0.25) is 4.79 Å². The Kier molecular flexibility index (Phi) is 6.21. The van der Waals surface area contributed by atoms with Crippen LogP contribution in [0.25, 0.3) is 0 Å². The third kappa shape index (κ3) is 5.37. The number of ether oxygens (including phenoxy) is 1. The number of carbonyl (C=O) groups is 1. The van der Waals surface area contributed by atoms with Crippen LogP contribution in [0.1, 0.15) is 19.0 Å². The molecule has 1 aromatic carbocycles. The Bertz CT molecular complexity index is 617. The van der Waals surface area contributed by atoms with Crippen molar-refractivity contribution in [2.24, 2.45) is 0 Å². The Balaban J connectivity index is 1.75. The zero-order valence-electron chi connectivity index (χ0n) is 12.7. The van der Waals surface area contributed by atoms with Crippen molar-refractivity contribution in [2.45, 2.75) is 25.3 Å². The maximum atomic E-state index is 11.9. The summed E-state index contributed by atoms with van der Waals surface area (Å²) < 4.78 is 5.36. The summed E-state index contributed by atoms with van der Waals surface area (Å²) in [6, 6.07) is 9.28. The van der Waals surface area contributed by atoms with Crippen LogP contribution < -0.4 is 10.1 Å². The third-order valence-corrected chi connectivity index (χ3v) is 3.73. The van der Waals surface area contributed by atoms with E-state index in [1.165, 1.54) is 6.33 Å². The van der Waals surface area contributed by atoms with Crippen LogP contribution in [0.2, 0.25) is 0 Å². The van der Waals surface area contributed by atoms with Gasteiger partial charge in [0, 0.05) is 23.6 Å². The fourth-order valence-electron chi connectivity index (χ4n) is 1.78. The summed E-state index contributed by atoms with van der Waals surface area (Å²) in [7, 11) is 0. The predicted octanol–water partition coefficient (Wildman–Crippen LogP) is 3.30. The number of carbonyl (C=O) groups excluding carboxylic acids is 1. The Morgan fingerprint density at radius 1 is 1.27 bits per heavy atom. The first-order valence-electron chi connectivity index (χ1n) is 7.11. The van der Waals surface area contributed by atoms with E-state index < -0.39 is 0 Å². The highest BCUT2D eigenvalue weighted by Crippen LogP contribution is 2.18. The van der Waals surface area contributed by atoms with Crippen molar-refractivity contribution in [3.63, 3.8) is 0 Å². The number of anilines is 1. The van der Waals surface area contributed by atoms with Crippen LogP contribution in [0.15, 0.2) is 41.7 Å². The molecule has 0 atom stereocenters. The zero-order chi connectivity index (χ0) is 15.8. The number of amides is 1. The second-order valence-electron chi connectivity index (χ2n) is 4.60. The molecule has 0 fully saturated rings. The lowest BCUT2D eigenvalue weighted by molar-refractivity contribution is -0.115. The first-order valence-corrected chi connectivity index (χ1v) is 8.10. The first kappa shape index (κ1) is 16.3. The standard InChI is InChI=1S/C16H19N3O2S/c1-3-21-14-6-4-13(5-7-14)19-15(20)8-9-22-16-10-12(2)17-11-18-16/h4-7,10-11H,3,8-9H2,1-2H3,(H,19,20). The van der Waals surface area contributed by atoms with Gasteiger partial charge >= 0.3 is 0 Å². The van der Waals surface area contributed by atoms with E-state index in [2.05, 4.69) is 15.3 Å². The van der Waals surface area contributed by atoms with Crippen molar-refractivity contribution in [2.75, 3.05) is 17.7 Å². The number of nitrogens with one attached hydrogen (secondary N) is 1. The molecule has 2 aromatic rings. The van der Waals surface area contributed by atoms with Gasteiger partial charge in [0.25, 0.3) is 0 Å². The van der Waals surface area contributed by atoms with Crippen molar-refractivity contribution >= 4 is 23.4 Å². The van der Waals surface area contributed by atoms with Crippen LogP contribution in [0.5, 0.6) is 5.75 Å². The highest BCUT2D eigenvalue weighted by atomic mass is 32.2. The maximum Gasteiger partial charge on any atom is 0.225 e. The van der Waals surface area contributed by atoms with E-state index in [1.54, 1.807) is 11.8 Å². The minimum absolute atomic E-state index is 0.0116. The summed E-state index contributed by atoms with van der Waals surface area (Å²) in [5.41, 5.74) is 1.70. The number of benzene rings is 1. The Morgan fingerprint density at radius 2 is 2.05 bits per heavy atom. The number of hydrogen-bond acceptors (Lipinski definition) is 5. The molecule has 2 rings (SSSR count). The molecule has 0 unspecified atom stereocenters. The van der Waals surface area contributed by atoms with Crippen LogP contribution in [-0.4, -0.2) is 28.2 Å². The van der Waals surface area contributed by atoms with Crippen LogP contribution in [0.3, 0.4) is 0 Å². The second-order valence-corrected chi connectivity index (χ2v) is 5.72. The number of aryl methyl sites for hydroxylation is 1. The topological polar surface area (TPSA) is 64.1 Å². The summed E-state index contributed by atoms with van der Waals surface area (Å²) in [4.78, 5) is 20.1. The summed E-state index contributed by atoms with van der Waals surface area (Å²) in [5.74, 6) is 1.47. The maximum absolute atomic E-state index is 11.9. The van der Waals surface area contributed by atoms with Gasteiger partial charge in [-0.25, -0.2) is 9.97 Å². The van der Waals surface area contributed by atoms with Crippen molar-refractivity contribution in [3.8, 4) is 5.75 Å². The molecule has 6 heteroatoms. The molecule has 0 saturated carbocycles. The molecule has 5 nitrogen and oxygen atoms in total. The van der Waals surface area contributed by atoms with E-state index >= 15 is 0 Å². The normalized spacial score (nSPS) is 10.3. The molecule has 0 spiro atoms. The molecule has 1 amide bonds. The van der Waals surface area contributed by atoms with Gasteiger partial charge in [-0.15, -0.1) is 11.8 Å². The molecule has 0 aliphatic heterocycles. The van der Waals surface area contributed by atoms with Crippen LogP contribution >= 0.6 is 11.8 Å². The van der Waals surface area contributed by atoms with Crippen molar-refractivity contribution < 1.29 is 9.53 Å². The average Bonchev–Trinajstić information content (AvgIpc) is 2.50. The van der Waals surface area contributed by atoms with Crippen molar-refractivity contribution in [1.82, 2.24) is 9.97 Å². The number of thioether (sulfide) groups is 1. The highest BCUT2D eigenvalue weighted by Gasteiger charge is 2.04. The van der Waals surface area contributed by atoms with Crippen LogP contribution in [-0.2, 0) is 4.79 Å². The van der Waals surface area contributed by atoms with Crippen molar-refractivity contribution in [1.29, 1.82) is 0 Å². The fourth-order valence-corrected chi connectivity index (χ4v) is 2.65. The molecule has 0 aliphatic rings. The third-order valence-electron chi connectivity index (χ3n) is 2.81. The SMILES string of the molecule is CCOc1ccc(NC(=O)CCSc2cc(C)ncn2)cc1. The minimum Gasteiger partial charge on any atom is -0.494 e. The van der Waals surface area contributed by atoms with E-state index in [9.17, 15) is 4.79 Å². The second kappa shape index (κ2) is 8.38. The molecule has 0 bridgehead atoms. The smallest absolute Gasteiger partial charge is 0.225 e. The number of hydrogen-bond donors (Lipinski definition) is 1. The van der Waals surface area contributed by atoms with E-state index in [0.717, 1.165) is 22.2 Å². The molecule has 1 aromatic heterocycles. The van der Waals surface area contributed by atoms with E-state index in [1.807, 2.05) is 44.2 Å². The highest BCUT2D eigenvalue weighted by molar-refractivity contribution is 7.99. The minimum atomic E-state index is -0.0116. The van der Waals surface area contributed by atoms with Crippen molar-refractivity contribution in [3.05, 3.63) is 42.4 Å². The van der Waals surface area contributed by atoms with Gasteiger partial charge in [0.2, 0.25) is 5.91 Å². The summed E-state index contributed by atoms with van der Waals surface area (Å²) in [5, 5.41) is 3.76. The van der Waals surface area contributed by atoms with E-state index in [4.69, 9.17) is 4.74 Å². The lowest BCUT2D eigenvalue weighted by atomic mass is 10.3. The molecular weight excluding hydrogens is 298 g/mol. The van der Waals surface area contributed by atoms with Gasteiger partial charge in [0.1, 0.15) is 12.1 Å². The number of rotatable bonds is 7. The van der Waals surface area contributed by atoms with Gasteiger partial charge in [-0.2, -0.15) is 0 Å². The lowest BCUT2D eigenvalue weighted by Gasteiger charge is -2.07. The summed E-state index contributed by atoms with van der Waals surface area (Å²) in [6.45, 7) is 4.49. The largest absolute Gasteiger partial charge is 0.494 e. The van der Waals surface area contributed by atoms with Crippen LogP contribution in [0, 0.1) is 6.92 Å². The fraction of sp³-hybridized carbons (Fsp3) is 0.312. The molecule has 22 heavy (non-hydrogen) atoms. The Morgan fingerprint density at radius 3 is 2.73 bits per heavy atom. The summed E-state index contributed by atoms with van der Waals surface area (Å²) in [6.07, 6.45) is 1.97. The number of nitrogens with zero attached hydrogens (tertiary/aromatic N) is 2. The zero-order valence-corrected chi connectivity index (χ0v) is 13.5. The molecule has 1 N–H and O–H groups in total. The van der Waals surface area contributed by atoms with Gasteiger partial charge in [0.05, 0.1) is 11.6 Å². The van der Waals surface area contributed by atoms with E-state index in [-0.39, 0.29) is 5.91 Å². The molecular formula is C16H19N3O2S. The first-order chi connectivity index (χ1) is 10.7. The van der Waals surface area contributed by atoms with Gasteiger partial charge in [0.15, 0.2) is 0 Å². The molecule has 0 aliphatic carbocycles. The predicted molar refractivity (Wildman–Crippen MR) is 88.4 cm³/mol. The van der Waals surface area contributed by atoms with E-state index in [0.29, 0.717) is 18.8 Å². The van der Waals surface area contributed by atoms with Gasteiger partial charge in [-0.05, 0) is 44.2 Å². The Hall–Kier alpha value is -2.08. The Labute approximate surface area is 134 Å². The monoisotopic (exact) mass is 317 g/mol. The molecule has 1 heterocycles. The molecule has 0 saturated heterocycles. The van der Waals surface area contributed by atoms with Gasteiger partial charge < -0.3 is 10.1 Å². The lowest BCUT2D eigenvalue weighted by Crippen LogP contribution is -2.12. The van der Waals surface area contributed by atoms with Gasteiger partial charge in [-0.1, -0.05) is 0 Å². The average molecular weight is 317 g/mol. The number of aromatic nitrogens is 2. The quantitative estimate of drug-likeness (QED) is 0.627. The molecule has 0 radical (unpaired) electrons. The molecule has 116 valence electrons. The summed E-state index contributed by atoms with van der Waals surface area (Å²) >= 11 is 1.55.